The Hall–Kier alpha value is -2.67. The number of hydrogen-bond acceptors (Lipinski definition) is 5. The normalized spacial score (nSPS) is 11.0. The van der Waals surface area contributed by atoms with E-state index in [1.165, 1.54) is 10.9 Å². The van der Waals surface area contributed by atoms with E-state index in [1.807, 2.05) is 30.3 Å². The Morgan fingerprint density at radius 2 is 2.14 bits per heavy atom. The van der Waals surface area contributed by atoms with Crippen LogP contribution < -0.4 is 11.3 Å². The molecule has 0 bridgehead atoms. The number of carbonyl (C=O) groups is 1. The van der Waals surface area contributed by atoms with Gasteiger partial charge in [0, 0.05) is 11.9 Å². The van der Waals surface area contributed by atoms with Crippen LogP contribution in [0.4, 0.5) is 0 Å². The van der Waals surface area contributed by atoms with Gasteiger partial charge >= 0.3 is 5.97 Å². The zero-order valence-electron chi connectivity index (χ0n) is 12.3. The molecule has 1 heterocycles. The second kappa shape index (κ2) is 7.37. The standard InChI is InChI=1S/C15H18N4O3/c1-11-13(10-17-7-8-22-14(20)9-16)15(21)19(18-11)12-5-3-2-4-6-12/h2-6,10,18H,7-9,16H2,1H3. The lowest BCUT2D eigenvalue weighted by atomic mass is 10.3. The molecular formula is C15H18N4O3. The van der Waals surface area contributed by atoms with Gasteiger partial charge in [0.1, 0.15) is 6.61 Å². The molecule has 7 nitrogen and oxygen atoms in total. The summed E-state index contributed by atoms with van der Waals surface area (Å²) >= 11 is 0. The molecule has 3 N–H and O–H groups in total. The summed E-state index contributed by atoms with van der Waals surface area (Å²) in [6.07, 6.45) is 1.49. The Bertz CT molecular complexity index is 716. The smallest absolute Gasteiger partial charge is 0.319 e. The topological polar surface area (TPSA) is 102 Å². The molecule has 2 aromatic rings. The van der Waals surface area contributed by atoms with Crippen molar-refractivity contribution in [1.82, 2.24) is 9.78 Å². The molecule has 0 amide bonds. The number of nitrogens with two attached hydrogens (primary N) is 1. The quantitative estimate of drug-likeness (QED) is 0.458. The molecule has 0 saturated heterocycles. The van der Waals surface area contributed by atoms with Gasteiger partial charge in [0.15, 0.2) is 0 Å². The van der Waals surface area contributed by atoms with Gasteiger partial charge < -0.3 is 10.5 Å². The lowest BCUT2D eigenvalue weighted by Crippen LogP contribution is -2.18. The van der Waals surface area contributed by atoms with Gasteiger partial charge in [-0.3, -0.25) is 19.7 Å². The van der Waals surface area contributed by atoms with Crippen LogP contribution in [0, 0.1) is 6.92 Å². The molecule has 0 aliphatic rings. The zero-order valence-corrected chi connectivity index (χ0v) is 12.3. The minimum absolute atomic E-state index is 0.142. The van der Waals surface area contributed by atoms with Gasteiger partial charge in [-0.25, -0.2) is 4.68 Å². The van der Waals surface area contributed by atoms with Crippen LogP contribution >= 0.6 is 0 Å². The van der Waals surface area contributed by atoms with E-state index in [2.05, 4.69) is 10.1 Å². The van der Waals surface area contributed by atoms with E-state index in [9.17, 15) is 9.59 Å². The average molecular weight is 302 g/mol. The first kappa shape index (κ1) is 15.7. The van der Waals surface area contributed by atoms with Gasteiger partial charge in [-0.2, -0.15) is 0 Å². The molecular weight excluding hydrogens is 284 g/mol. The molecule has 22 heavy (non-hydrogen) atoms. The van der Waals surface area contributed by atoms with Crippen LogP contribution in [-0.4, -0.2) is 41.7 Å². The summed E-state index contributed by atoms with van der Waals surface area (Å²) in [6, 6.07) is 9.28. The van der Waals surface area contributed by atoms with E-state index in [4.69, 9.17) is 10.5 Å². The molecule has 116 valence electrons. The second-order valence-electron chi connectivity index (χ2n) is 4.59. The maximum Gasteiger partial charge on any atom is 0.319 e. The molecule has 1 aromatic carbocycles. The predicted molar refractivity (Wildman–Crippen MR) is 83.6 cm³/mol. The Labute approximate surface area is 127 Å². The minimum Gasteiger partial charge on any atom is -0.463 e. The highest BCUT2D eigenvalue weighted by atomic mass is 16.5. The number of esters is 1. The summed E-state index contributed by atoms with van der Waals surface area (Å²) in [6.45, 7) is 2.07. The van der Waals surface area contributed by atoms with Crippen molar-refractivity contribution in [2.45, 2.75) is 6.92 Å². The van der Waals surface area contributed by atoms with Crippen molar-refractivity contribution in [2.24, 2.45) is 10.7 Å². The van der Waals surface area contributed by atoms with Gasteiger partial charge in [0.2, 0.25) is 0 Å². The molecule has 7 heteroatoms. The third-order valence-corrected chi connectivity index (χ3v) is 3.00. The number of para-hydroxylation sites is 1. The number of carbonyl (C=O) groups excluding carboxylic acids is 1. The van der Waals surface area contributed by atoms with Crippen molar-refractivity contribution in [3.05, 3.63) is 51.9 Å². The van der Waals surface area contributed by atoms with Gasteiger partial charge in [-0.15, -0.1) is 0 Å². The van der Waals surface area contributed by atoms with Gasteiger partial charge in [-0.1, -0.05) is 18.2 Å². The highest BCUT2D eigenvalue weighted by Gasteiger charge is 2.09. The van der Waals surface area contributed by atoms with Gasteiger partial charge in [-0.05, 0) is 19.1 Å². The summed E-state index contributed by atoms with van der Waals surface area (Å²) in [7, 11) is 0. The number of benzene rings is 1. The first-order valence-electron chi connectivity index (χ1n) is 6.86. The lowest BCUT2D eigenvalue weighted by molar-refractivity contribution is -0.141. The molecule has 0 aliphatic carbocycles. The third kappa shape index (κ3) is 3.70. The number of ether oxygens (including phenoxy) is 1. The summed E-state index contributed by atoms with van der Waals surface area (Å²) in [4.78, 5) is 27.3. The van der Waals surface area contributed by atoms with Crippen LogP contribution in [0.5, 0.6) is 0 Å². The van der Waals surface area contributed by atoms with Crippen LogP contribution in [0.3, 0.4) is 0 Å². The molecule has 1 aromatic heterocycles. The number of hydrogen-bond donors (Lipinski definition) is 2. The molecule has 0 saturated carbocycles. The monoisotopic (exact) mass is 302 g/mol. The number of nitrogens with zero attached hydrogens (tertiary/aromatic N) is 2. The summed E-state index contributed by atoms with van der Waals surface area (Å²) in [5, 5.41) is 3.01. The van der Waals surface area contributed by atoms with Crippen LogP contribution in [0.15, 0.2) is 40.1 Å². The van der Waals surface area contributed by atoms with Crippen LogP contribution in [0.1, 0.15) is 11.3 Å². The molecule has 0 fully saturated rings. The van der Waals surface area contributed by atoms with Crippen molar-refractivity contribution in [3.63, 3.8) is 0 Å². The van der Waals surface area contributed by atoms with E-state index in [-0.39, 0.29) is 25.3 Å². The maximum atomic E-state index is 12.3. The van der Waals surface area contributed by atoms with E-state index in [0.717, 1.165) is 11.4 Å². The Kier molecular flexibility index (Phi) is 5.26. The van der Waals surface area contributed by atoms with E-state index < -0.39 is 5.97 Å². The van der Waals surface area contributed by atoms with E-state index >= 15 is 0 Å². The van der Waals surface area contributed by atoms with Crippen LogP contribution in [-0.2, 0) is 9.53 Å². The SMILES string of the molecule is Cc1[nH]n(-c2ccccc2)c(=O)c1C=NCCOC(=O)CN. The summed E-state index contributed by atoms with van der Waals surface area (Å²) in [5.74, 6) is -0.473. The number of aromatic nitrogens is 2. The number of nitrogens with one attached hydrogen (secondary N) is 1. The van der Waals surface area contributed by atoms with Crippen molar-refractivity contribution in [3.8, 4) is 5.69 Å². The van der Waals surface area contributed by atoms with Crippen LogP contribution in [0.25, 0.3) is 5.69 Å². The van der Waals surface area contributed by atoms with Crippen molar-refractivity contribution < 1.29 is 9.53 Å². The third-order valence-electron chi connectivity index (χ3n) is 3.00. The van der Waals surface area contributed by atoms with E-state index in [0.29, 0.717) is 5.56 Å². The molecule has 0 spiro atoms. The highest BCUT2D eigenvalue weighted by Crippen LogP contribution is 2.05. The second-order valence-corrected chi connectivity index (χ2v) is 4.59. The van der Waals surface area contributed by atoms with Crippen molar-refractivity contribution in [1.29, 1.82) is 0 Å². The lowest BCUT2D eigenvalue weighted by Gasteiger charge is -1.99. The first-order chi connectivity index (χ1) is 10.6. The Morgan fingerprint density at radius 3 is 2.82 bits per heavy atom. The Balaban J connectivity index is 2.08. The molecule has 2 rings (SSSR count). The zero-order chi connectivity index (χ0) is 15.9. The van der Waals surface area contributed by atoms with Crippen molar-refractivity contribution >= 4 is 12.2 Å². The van der Waals surface area contributed by atoms with Gasteiger partial charge in [0.25, 0.3) is 5.56 Å². The maximum absolute atomic E-state index is 12.3. The molecule has 0 aliphatic heterocycles. The van der Waals surface area contributed by atoms with E-state index in [1.54, 1.807) is 6.92 Å². The largest absolute Gasteiger partial charge is 0.463 e. The Morgan fingerprint density at radius 1 is 1.41 bits per heavy atom. The molecule has 0 atom stereocenters. The fraction of sp³-hybridized carbons (Fsp3) is 0.267. The number of H-pyrrole nitrogens is 1. The summed E-state index contributed by atoms with van der Waals surface area (Å²) < 4.78 is 6.26. The van der Waals surface area contributed by atoms with Gasteiger partial charge in [0.05, 0.1) is 24.3 Å². The predicted octanol–water partition coefficient (Wildman–Crippen LogP) is 0.395. The number of aryl methyl sites for hydroxylation is 1. The van der Waals surface area contributed by atoms with Crippen molar-refractivity contribution in [2.75, 3.05) is 19.7 Å². The number of aliphatic imine (C=N–C) groups is 1. The highest BCUT2D eigenvalue weighted by molar-refractivity contribution is 5.80. The molecule has 0 radical (unpaired) electrons. The average Bonchev–Trinajstić information content (AvgIpc) is 2.83. The van der Waals surface area contributed by atoms with Crippen LogP contribution in [0.2, 0.25) is 0 Å². The summed E-state index contributed by atoms with van der Waals surface area (Å²) in [5.41, 5.74) is 6.90. The minimum atomic E-state index is -0.473. The first-order valence-corrected chi connectivity index (χ1v) is 6.86. The fourth-order valence-corrected chi connectivity index (χ4v) is 1.90. The fourth-order valence-electron chi connectivity index (χ4n) is 1.90. The molecule has 0 unspecified atom stereocenters. The number of rotatable bonds is 6. The number of aromatic amines is 1.